The van der Waals surface area contributed by atoms with Gasteiger partial charge in [0.15, 0.2) is 15.0 Å². The number of benzene rings is 1. The van der Waals surface area contributed by atoms with E-state index >= 15 is 0 Å². The van der Waals surface area contributed by atoms with Crippen molar-refractivity contribution in [3.05, 3.63) is 34.6 Å². The van der Waals surface area contributed by atoms with Crippen molar-refractivity contribution >= 4 is 38.4 Å². The summed E-state index contributed by atoms with van der Waals surface area (Å²) in [5.41, 5.74) is 0.487. The van der Waals surface area contributed by atoms with Crippen LogP contribution in [0, 0.1) is 0 Å². The van der Waals surface area contributed by atoms with E-state index in [-0.39, 0.29) is 35.1 Å². The number of amides is 1. The van der Waals surface area contributed by atoms with Crippen molar-refractivity contribution in [3.8, 4) is 0 Å². The number of rotatable bonds is 6. The molecule has 152 valence electrons. The highest BCUT2D eigenvalue weighted by molar-refractivity contribution is 8.00. The number of aromatic nitrogens is 2. The van der Waals surface area contributed by atoms with Gasteiger partial charge in [-0.25, -0.2) is 13.4 Å². The zero-order valence-corrected chi connectivity index (χ0v) is 17.8. The van der Waals surface area contributed by atoms with Crippen LogP contribution in [0.25, 0.3) is 10.9 Å². The Hall–Kier alpha value is -1.87. The first-order valence-corrected chi connectivity index (χ1v) is 12.1. The summed E-state index contributed by atoms with van der Waals surface area (Å²) in [6.45, 7) is 5.69. The lowest BCUT2D eigenvalue weighted by molar-refractivity contribution is -0.120. The summed E-state index contributed by atoms with van der Waals surface area (Å²) in [4.78, 5) is 30.2. The summed E-state index contributed by atoms with van der Waals surface area (Å²) in [5, 5.41) is 3.36. The van der Waals surface area contributed by atoms with Crippen molar-refractivity contribution in [1.29, 1.82) is 0 Å². The number of thioether (sulfide) groups is 1. The predicted octanol–water partition coefficient (Wildman–Crippen LogP) is 2.15. The minimum atomic E-state index is -3.06. The predicted molar refractivity (Wildman–Crippen MR) is 112 cm³/mol. The summed E-state index contributed by atoms with van der Waals surface area (Å²) >= 11 is 1.22. The highest BCUT2D eigenvalue weighted by Crippen LogP contribution is 2.26. The SMILES string of the molecule is CC[C@H](C)n1c(S[C@@H](C)C(=O)N[C@@H]2CCS(=O)(=O)C2)nc2ccccc2c1=O. The third-order valence-electron chi connectivity index (χ3n) is 5.04. The minimum absolute atomic E-state index is 0.0120. The summed E-state index contributed by atoms with van der Waals surface area (Å²) in [6, 6.07) is 6.78. The molecule has 3 atom stereocenters. The van der Waals surface area contributed by atoms with Gasteiger partial charge in [0, 0.05) is 12.1 Å². The second-order valence-electron chi connectivity index (χ2n) is 7.21. The maximum Gasteiger partial charge on any atom is 0.262 e. The van der Waals surface area contributed by atoms with Crippen molar-refractivity contribution in [3.63, 3.8) is 0 Å². The van der Waals surface area contributed by atoms with E-state index in [9.17, 15) is 18.0 Å². The van der Waals surface area contributed by atoms with Gasteiger partial charge in [-0.3, -0.25) is 14.2 Å². The van der Waals surface area contributed by atoms with Crippen LogP contribution < -0.4 is 10.9 Å². The standard InChI is InChI=1S/C19H25N3O4S2/c1-4-12(2)22-18(24)15-7-5-6-8-16(15)21-19(22)27-13(3)17(23)20-14-9-10-28(25,26)11-14/h5-8,12-14H,4,9-11H2,1-3H3,(H,20,23)/t12-,13-,14+/m0/s1. The molecule has 0 saturated carbocycles. The lowest BCUT2D eigenvalue weighted by Gasteiger charge is -2.21. The van der Waals surface area contributed by atoms with E-state index in [0.717, 1.165) is 6.42 Å². The summed E-state index contributed by atoms with van der Waals surface area (Å²) in [6.07, 6.45) is 1.20. The van der Waals surface area contributed by atoms with Gasteiger partial charge in [-0.1, -0.05) is 30.8 Å². The molecule has 3 rings (SSSR count). The molecule has 2 aromatic rings. The molecule has 1 saturated heterocycles. The van der Waals surface area contributed by atoms with E-state index in [1.165, 1.54) is 11.8 Å². The molecular weight excluding hydrogens is 398 g/mol. The molecule has 1 aliphatic rings. The third kappa shape index (κ3) is 4.41. The molecule has 1 fully saturated rings. The molecule has 0 spiro atoms. The summed E-state index contributed by atoms with van der Waals surface area (Å²) < 4.78 is 24.8. The van der Waals surface area contributed by atoms with Crippen LogP contribution >= 0.6 is 11.8 Å². The lowest BCUT2D eigenvalue weighted by Crippen LogP contribution is -2.40. The van der Waals surface area contributed by atoms with Crippen molar-refractivity contribution in [2.45, 2.75) is 56.1 Å². The molecule has 1 aromatic heterocycles. The molecule has 0 aliphatic carbocycles. The maximum atomic E-state index is 13.0. The van der Waals surface area contributed by atoms with E-state index in [0.29, 0.717) is 22.5 Å². The second-order valence-corrected chi connectivity index (χ2v) is 10.7. The minimum Gasteiger partial charge on any atom is -0.351 e. The lowest BCUT2D eigenvalue weighted by atomic mass is 10.2. The molecule has 28 heavy (non-hydrogen) atoms. The Morgan fingerprint density at radius 2 is 2.07 bits per heavy atom. The van der Waals surface area contributed by atoms with Gasteiger partial charge >= 0.3 is 0 Å². The Balaban J connectivity index is 1.86. The molecule has 9 heteroatoms. The van der Waals surface area contributed by atoms with Crippen molar-refractivity contribution < 1.29 is 13.2 Å². The van der Waals surface area contributed by atoms with Crippen LogP contribution in [-0.2, 0) is 14.6 Å². The first-order chi connectivity index (χ1) is 13.2. The van der Waals surface area contributed by atoms with Crippen molar-refractivity contribution in [2.75, 3.05) is 11.5 Å². The Kier molecular flexibility index (Phi) is 6.14. The topological polar surface area (TPSA) is 98.1 Å². The van der Waals surface area contributed by atoms with E-state index in [1.807, 2.05) is 26.0 Å². The number of para-hydroxylation sites is 1. The molecule has 0 bridgehead atoms. The van der Waals surface area contributed by atoms with Gasteiger partial charge in [0.2, 0.25) is 5.91 Å². The largest absolute Gasteiger partial charge is 0.351 e. The Morgan fingerprint density at radius 3 is 2.71 bits per heavy atom. The van der Waals surface area contributed by atoms with E-state index in [4.69, 9.17) is 0 Å². The van der Waals surface area contributed by atoms with Gasteiger partial charge in [0.25, 0.3) is 5.56 Å². The van der Waals surface area contributed by atoms with Crippen LogP contribution in [-0.4, -0.2) is 46.7 Å². The first kappa shape index (κ1) is 20.9. The van der Waals surface area contributed by atoms with Crippen LogP contribution in [0.5, 0.6) is 0 Å². The fourth-order valence-electron chi connectivity index (χ4n) is 3.22. The zero-order chi connectivity index (χ0) is 20.5. The molecule has 1 aromatic carbocycles. The Bertz CT molecular complexity index is 1050. The maximum absolute atomic E-state index is 13.0. The second kappa shape index (κ2) is 8.24. The fourth-order valence-corrected chi connectivity index (χ4v) is 5.91. The van der Waals surface area contributed by atoms with Gasteiger partial charge in [0.1, 0.15) is 0 Å². The summed E-state index contributed by atoms with van der Waals surface area (Å²) in [7, 11) is -3.06. The molecule has 1 amide bonds. The molecule has 1 aliphatic heterocycles. The average molecular weight is 424 g/mol. The van der Waals surface area contributed by atoms with E-state index in [1.54, 1.807) is 23.6 Å². The zero-order valence-electron chi connectivity index (χ0n) is 16.2. The van der Waals surface area contributed by atoms with E-state index in [2.05, 4.69) is 10.3 Å². The smallest absolute Gasteiger partial charge is 0.262 e. The first-order valence-electron chi connectivity index (χ1n) is 9.40. The fraction of sp³-hybridized carbons (Fsp3) is 0.526. The molecule has 1 N–H and O–H groups in total. The number of nitrogens with zero attached hydrogens (tertiary/aromatic N) is 2. The molecular formula is C19H25N3O4S2. The van der Waals surface area contributed by atoms with Crippen LogP contribution in [0.1, 0.15) is 39.7 Å². The van der Waals surface area contributed by atoms with E-state index < -0.39 is 15.1 Å². The van der Waals surface area contributed by atoms with Crippen LogP contribution in [0.2, 0.25) is 0 Å². The molecule has 2 heterocycles. The van der Waals surface area contributed by atoms with Crippen molar-refractivity contribution in [1.82, 2.24) is 14.9 Å². The highest BCUT2D eigenvalue weighted by atomic mass is 32.2. The number of sulfone groups is 1. The normalized spacial score (nSPS) is 20.8. The summed E-state index contributed by atoms with van der Waals surface area (Å²) in [5.74, 6) is -0.147. The number of carbonyl (C=O) groups excluding carboxylic acids is 1. The number of nitrogens with one attached hydrogen (secondary N) is 1. The molecule has 7 nitrogen and oxygen atoms in total. The third-order valence-corrected chi connectivity index (χ3v) is 7.87. The highest BCUT2D eigenvalue weighted by Gasteiger charge is 2.30. The van der Waals surface area contributed by atoms with Gasteiger partial charge in [-0.15, -0.1) is 0 Å². The molecule has 0 unspecified atom stereocenters. The van der Waals surface area contributed by atoms with Crippen molar-refractivity contribution in [2.24, 2.45) is 0 Å². The Labute approximate surface area is 168 Å². The average Bonchev–Trinajstić information content (AvgIpc) is 2.99. The van der Waals surface area contributed by atoms with Gasteiger partial charge in [-0.05, 0) is 38.8 Å². The van der Waals surface area contributed by atoms with Gasteiger partial charge in [-0.2, -0.15) is 0 Å². The Morgan fingerprint density at radius 1 is 1.36 bits per heavy atom. The monoisotopic (exact) mass is 423 g/mol. The quantitative estimate of drug-likeness (QED) is 0.565. The number of hydrogen-bond acceptors (Lipinski definition) is 6. The number of hydrogen-bond donors (Lipinski definition) is 1. The van der Waals surface area contributed by atoms with Crippen LogP contribution in [0.4, 0.5) is 0 Å². The number of carbonyl (C=O) groups is 1. The van der Waals surface area contributed by atoms with Gasteiger partial charge < -0.3 is 5.32 Å². The van der Waals surface area contributed by atoms with Crippen LogP contribution in [0.3, 0.4) is 0 Å². The molecule has 0 radical (unpaired) electrons. The van der Waals surface area contributed by atoms with Gasteiger partial charge in [0.05, 0.1) is 27.7 Å². The number of fused-ring (bicyclic) bond motifs is 1. The van der Waals surface area contributed by atoms with Crippen LogP contribution in [0.15, 0.2) is 34.2 Å².